The summed E-state index contributed by atoms with van der Waals surface area (Å²) in [6.07, 6.45) is 2.58. The summed E-state index contributed by atoms with van der Waals surface area (Å²) in [4.78, 5) is 22.5. The van der Waals surface area contributed by atoms with Crippen LogP contribution in [0, 0.1) is 18.8 Å². The molecular weight excluding hydrogens is 256 g/mol. The molecule has 5 nitrogen and oxygen atoms in total. The van der Waals surface area contributed by atoms with E-state index in [1.165, 1.54) is 0 Å². The molecule has 2 atom stereocenters. The maximum absolute atomic E-state index is 11.4. The molecule has 0 radical (unpaired) electrons. The molecule has 1 amide bonds. The van der Waals surface area contributed by atoms with Gasteiger partial charge in [0, 0.05) is 12.2 Å². The number of carbonyl (C=O) groups is 2. The summed E-state index contributed by atoms with van der Waals surface area (Å²) in [5.41, 5.74) is 7.51. The first-order chi connectivity index (χ1) is 9.49. The van der Waals surface area contributed by atoms with Gasteiger partial charge in [-0.2, -0.15) is 0 Å². The molecule has 5 heteroatoms. The lowest BCUT2D eigenvalue weighted by molar-refractivity contribution is -0.142. The van der Waals surface area contributed by atoms with Crippen molar-refractivity contribution in [1.29, 1.82) is 0 Å². The van der Waals surface area contributed by atoms with Crippen LogP contribution in [0.25, 0.3) is 0 Å². The minimum absolute atomic E-state index is 0.105. The van der Waals surface area contributed by atoms with Gasteiger partial charge >= 0.3 is 5.97 Å². The SMILES string of the molecule is Cc1ccc(C(N)=O)c(NCC2CCCC2C(=O)O)c1. The molecule has 1 aliphatic rings. The quantitative estimate of drug-likeness (QED) is 0.767. The molecule has 0 saturated heterocycles. The number of carboxylic acids is 1. The van der Waals surface area contributed by atoms with Crippen LogP contribution in [0.15, 0.2) is 18.2 Å². The number of hydrogen-bond donors (Lipinski definition) is 3. The molecule has 1 aromatic rings. The summed E-state index contributed by atoms with van der Waals surface area (Å²) < 4.78 is 0. The number of aryl methyl sites for hydroxylation is 1. The van der Waals surface area contributed by atoms with Gasteiger partial charge in [-0.05, 0) is 43.4 Å². The molecule has 0 aromatic heterocycles. The fourth-order valence-corrected chi connectivity index (χ4v) is 2.87. The standard InChI is InChI=1S/C15H20N2O3/c1-9-5-6-12(14(16)18)13(7-9)17-8-10-3-2-4-11(10)15(19)20/h5-7,10-11,17H,2-4,8H2,1H3,(H2,16,18)(H,19,20). The van der Waals surface area contributed by atoms with E-state index in [1.54, 1.807) is 6.07 Å². The molecule has 4 N–H and O–H groups in total. The fourth-order valence-electron chi connectivity index (χ4n) is 2.87. The Morgan fingerprint density at radius 3 is 2.80 bits per heavy atom. The van der Waals surface area contributed by atoms with Crippen LogP contribution in [-0.4, -0.2) is 23.5 Å². The highest BCUT2D eigenvalue weighted by atomic mass is 16.4. The van der Waals surface area contributed by atoms with Gasteiger partial charge in [0.15, 0.2) is 0 Å². The van der Waals surface area contributed by atoms with Crippen molar-refractivity contribution < 1.29 is 14.7 Å². The maximum atomic E-state index is 11.4. The summed E-state index contributed by atoms with van der Waals surface area (Å²) in [5, 5.41) is 12.4. The number of nitrogens with two attached hydrogens (primary N) is 1. The Kier molecular flexibility index (Phi) is 4.27. The average Bonchev–Trinajstić information content (AvgIpc) is 2.84. The van der Waals surface area contributed by atoms with Crippen LogP contribution in [0.2, 0.25) is 0 Å². The monoisotopic (exact) mass is 276 g/mol. The Hall–Kier alpha value is -2.04. The first-order valence-corrected chi connectivity index (χ1v) is 6.86. The Morgan fingerprint density at radius 2 is 2.15 bits per heavy atom. The summed E-state index contributed by atoms with van der Waals surface area (Å²) in [6.45, 7) is 2.49. The summed E-state index contributed by atoms with van der Waals surface area (Å²) in [7, 11) is 0. The number of anilines is 1. The van der Waals surface area contributed by atoms with Crippen LogP contribution in [0.5, 0.6) is 0 Å². The number of carboxylic acid groups (broad SMARTS) is 1. The first-order valence-electron chi connectivity index (χ1n) is 6.86. The van der Waals surface area contributed by atoms with E-state index in [1.807, 2.05) is 19.1 Å². The third kappa shape index (κ3) is 3.10. The lowest BCUT2D eigenvalue weighted by atomic mass is 9.96. The summed E-state index contributed by atoms with van der Waals surface area (Å²) in [5.74, 6) is -1.39. The molecule has 1 saturated carbocycles. The molecule has 1 fully saturated rings. The van der Waals surface area contributed by atoms with Gasteiger partial charge < -0.3 is 16.2 Å². The molecule has 2 rings (SSSR count). The van der Waals surface area contributed by atoms with Crippen LogP contribution in [0.1, 0.15) is 35.2 Å². The van der Waals surface area contributed by atoms with Crippen molar-refractivity contribution in [1.82, 2.24) is 0 Å². The fraction of sp³-hybridized carbons (Fsp3) is 0.467. The largest absolute Gasteiger partial charge is 0.481 e. The predicted octanol–water partition coefficient (Wildman–Crippen LogP) is 2.01. The molecule has 1 aliphatic carbocycles. The van der Waals surface area contributed by atoms with Gasteiger partial charge in [0.05, 0.1) is 11.5 Å². The lowest BCUT2D eigenvalue weighted by Crippen LogP contribution is -2.25. The van der Waals surface area contributed by atoms with E-state index >= 15 is 0 Å². The second kappa shape index (κ2) is 5.94. The van der Waals surface area contributed by atoms with Crippen molar-refractivity contribution in [2.24, 2.45) is 17.6 Å². The number of amides is 1. The molecule has 20 heavy (non-hydrogen) atoms. The Morgan fingerprint density at radius 1 is 1.40 bits per heavy atom. The Labute approximate surface area is 118 Å². The molecule has 0 aliphatic heterocycles. The normalized spacial score (nSPS) is 21.6. The van der Waals surface area contributed by atoms with Crippen LogP contribution in [0.4, 0.5) is 5.69 Å². The Bertz CT molecular complexity index is 528. The van der Waals surface area contributed by atoms with Crippen molar-refractivity contribution in [2.45, 2.75) is 26.2 Å². The van der Waals surface area contributed by atoms with Crippen molar-refractivity contribution in [3.63, 3.8) is 0 Å². The second-order valence-corrected chi connectivity index (χ2v) is 5.43. The molecule has 2 unspecified atom stereocenters. The smallest absolute Gasteiger partial charge is 0.306 e. The summed E-state index contributed by atoms with van der Waals surface area (Å²) >= 11 is 0. The van der Waals surface area contributed by atoms with Gasteiger partial charge in [-0.25, -0.2) is 0 Å². The van der Waals surface area contributed by atoms with Gasteiger partial charge in [0.2, 0.25) is 0 Å². The highest BCUT2D eigenvalue weighted by Gasteiger charge is 2.32. The first kappa shape index (κ1) is 14.4. The zero-order valence-corrected chi connectivity index (χ0v) is 11.6. The van der Waals surface area contributed by atoms with Crippen LogP contribution in [-0.2, 0) is 4.79 Å². The van der Waals surface area contributed by atoms with E-state index in [2.05, 4.69) is 5.32 Å². The van der Waals surface area contributed by atoms with Gasteiger partial charge in [0.25, 0.3) is 5.91 Å². The minimum Gasteiger partial charge on any atom is -0.481 e. The van der Waals surface area contributed by atoms with E-state index in [9.17, 15) is 9.59 Å². The number of nitrogens with one attached hydrogen (secondary N) is 1. The van der Waals surface area contributed by atoms with Crippen LogP contribution >= 0.6 is 0 Å². The van der Waals surface area contributed by atoms with Crippen LogP contribution < -0.4 is 11.1 Å². The molecule has 0 bridgehead atoms. The van der Waals surface area contributed by atoms with E-state index in [0.29, 0.717) is 17.8 Å². The maximum Gasteiger partial charge on any atom is 0.306 e. The number of carbonyl (C=O) groups excluding carboxylic acids is 1. The molecule has 1 aromatic carbocycles. The number of benzene rings is 1. The van der Waals surface area contributed by atoms with E-state index in [4.69, 9.17) is 10.8 Å². The lowest BCUT2D eigenvalue weighted by Gasteiger charge is -2.18. The molecule has 0 heterocycles. The van der Waals surface area contributed by atoms with Crippen molar-refractivity contribution in [3.05, 3.63) is 29.3 Å². The third-order valence-corrected chi connectivity index (χ3v) is 3.97. The van der Waals surface area contributed by atoms with Gasteiger partial charge in [-0.1, -0.05) is 12.5 Å². The zero-order valence-electron chi connectivity index (χ0n) is 11.6. The van der Waals surface area contributed by atoms with Gasteiger partial charge in [-0.3, -0.25) is 9.59 Å². The number of hydrogen-bond acceptors (Lipinski definition) is 3. The van der Waals surface area contributed by atoms with Crippen molar-refractivity contribution in [3.8, 4) is 0 Å². The minimum atomic E-state index is -0.728. The second-order valence-electron chi connectivity index (χ2n) is 5.43. The molecule has 0 spiro atoms. The van der Waals surface area contributed by atoms with Gasteiger partial charge in [-0.15, -0.1) is 0 Å². The van der Waals surface area contributed by atoms with Crippen molar-refractivity contribution >= 4 is 17.6 Å². The topological polar surface area (TPSA) is 92.4 Å². The van der Waals surface area contributed by atoms with E-state index in [-0.39, 0.29) is 11.8 Å². The number of rotatable bonds is 5. The van der Waals surface area contributed by atoms with Crippen molar-refractivity contribution in [2.75, 3.05) is 11.9 Å². The average molecular weight is 276 g/mol. The van der Waals surface area contributed by atoms with E-state index in [0.717, 1.165) is 24.8 Å². The molecular formula is C15H20N2O3. The number of primary amides is 1. The molecule has 108 valence electrons. The highest BCUT2D eigenvalue weighted by molar-refractivity contribution is 5.98. The Balaban J connectivity index is 2.09. The van der Waals surface area contributed by atoms with Gasteiger partial charge in [0.1, 0.15) is 0 Å². The summed E-state index contributed by atoms with van der Waals surface area (Å²) in [6, 6.07) is 5.40. The predicted molar refractivity (Wildman–Crippen MR) is 76.7 cm³/mol. The van der Waals surface area contributed by atoms with E-state index < -0.39 is 11.9 Å². The third-order valence-electron chi connectivity index (χ3n) is 3.97. The number of aliphatic carboxylic acids is 1. The van der Waals surface area contributed by atoms with Crippen LogP contribution in [0.3, 0.4) is 0 Å². The highest BCUT2D eigenvalue weighted by Crippen LogP contribution is 2.32. The zero-order chi connectivity index (χ0) is 14.7.